The van der Waals surface area contributed by atoms with Crippen molar-refractivity contribution in [3.63, 3.8) is 0 Å². The zero-order valence-corrected chi connectivity index (χ0v) is 5.86. The third-order valence-corrected chi connectivity index (χ3v) is 0.929. The van der Waals surface area contributed by atoms with Crippen molar-refractivity contribution in [3.8, 4) is 0 Å². The van der Waals surface area contributed by atoms with E-state index in [4.69, 9.17) is 0 Å². The maximum absolute atomic E-state index is 3.75. The quantitative estimate of drug-likeness (QED) is 0.378. The molecule has 0 amide bonds. The number of hydrogen-bond donors (Lipinski definition) is 0. The molecule has 0 rings (SSSR count). The van der Waals surface area contributed by atoms with Crippen LogP contribution in [0.3, 0.4) is 0 Å². The van der Waals surface area contributed by atoms with Crippen molar-refractivity contribution in [2.45, 2.75) is 20.8 Å². The van der Waals surface area contributed by atoms with Crippen LogP contribution < -0.4 is 0 Å². The molecule has 44 valence electrons. The second-order valence-electron chi connectivity index (χ2n) is 2.02. The fourth-order valence-corrected chi connectivity index (χ4v) is 0.472. The molecule has 0 spiro atoms. The van der Waals surface area contributed by atoms with Gasteiger partial charge in [-0.15, -0.1) is 0 Å². The first kappa shape index (κ1) is 7.35. The fraction of sp³-hybridized carbons (Fsp3) is 0.375. The predicted octanol–water partition coefficient (Wildman–Crippen LogP) is 2.73. The van der Waals surface area contributed by atoms with E-state index < -0.39 is 0 Å². The maximum Gasteiger partial charge on any atom is 0.104 e. The van der Waals surface area contributed by atoms with Gasteiger partial charge < -0.3 is 0 Å². The highest BCUT2D eigenvalue weighted by molar-refractivity contribution is 5.21. The van der Waals surface area contributed by atoms with Gasteiger partial charge in [-0.25, -0.2) is 0 Å². The first-order valence-electron chi connectivity index (χ1n) is 2.80. The summed E-state index contributed by atoms with van der Waals surface area (Å²) in [5.74, 6) is 0. The van der Waals surface area contributed by atoms with Crippen LogP contribution >= 0.6 is 0 Å². The summed E-state index contributed by atoms with van der Waals surface area (Å²) in [6.45, 7) is 9.83. The Morgan fingerprint density at radius 2 is 2.00 bits per heavy atom. The molecule has 8 heavy (non-hydrogen) atoms. The summed E-state index contributed by atoms with van der Waals surface area (Å²) in [5.41, 5.74) is 2.39. The summed E-state index contributed by atoms with van der Waals surface area (Å²) in [5, 5.41) is 0. The Morgan fingerprint density at radius 3 is 2.12 bits per heavy atom. The van der Waals surface area contributed by atoms with Gasteiger partial charge >= 0.3 is 0 Å². The van der Waals surface area contributed by atoms with Crippen LogP contribution in [0, 0.1) is 6.42 Å². The molecular weight excluding hydrogens is 96.1 g/mol. The molecule has 0 heterocycles. The molecule has 0 bridgehead atoms. The van der Waals surface area contributed by atoms with Gasteiger partial charge in [0.15, 0.2) is 0 Å². The first-order chi connectivity index (χ1) is 3.66. The van der Waals surface area contributed by atoms with Crippen LogP contribution in [0.1, 0.15) is 20.8 Å². The molecule has 0 unspecified atom stereocenters. The van der Waals surface area contributed by atoms with Crippen LogP contribution in [0.15, 0.2) is 23.8 Å². The largest absolute Gasteiger partial charge is 0.104 e. The Bertz CT molecular complexity index is 107. The van der Waals surface area contributed by atoms with Crippen molar-refractivity contribution < 1.29 is 0 Å². The van der Waals surface area contributed by atoms with Crippen LogP contribution in [-0.4, -0.2) is 0 Å². The zero-order chi connectivity index (χ0) is 6.57. The first-order valence-corrected chi connectivity index (χ1v) is 2.80. The average molecular weight is 109 g/mol. The van der Waals surface area contributed by atoms with Gasteiger partial charge in [0.25, 0.3) is 0 Å². The molecule has 0 N–H and O–H groups in total. The van der Waals surface area contributed by atoms with E-state index in [1.165, 1.54) is 5.57 Å². The van der Waals surface area contributed by atoms with Gasteiger partial charge in [0, 0.05) is 18.9 Å². The van der Waals surface area contributed by atoms with Crippen LogP contribution in [0.5, 0.6) is 0 Å². The number of hydrogen-bond acceptors (Lipinski definition) is 0. The maximum atomic E-state index is 3.75. The van der Waals surface area contributed by atoms with Crippen molar-refractivity contribution >= 4 is 0 Å². The van der Waals surface area contributed by atoms with Crippen LogP contribution in [0.4, 0.5) is 0 Å². The highest BCUT2D eigenvalue weighted by Crippen LogP contribution is 2.00. The van der Waals surface area contributed by atoms with E-state index in [2.05, 4.69) is 26.0 Å². The minimum absolute atomic E-state index is 1.11. The van der Waals surface area contributed by atoms with Crippen LogP contribution in [0.2, 0.25) is 0 Å². The van der Waals surface area contributed by atoms with E-state index in [0.29, 0.717) is 0 Å². The average Bonchev–Trinajstić information content (AvgIpc) is 1.65. The van der Waals surface area contributed by atoms with Gasteiger partial charge in [-0.2, -0.15) is 0 Å². The Kier molecular flexibility index (Phi) is 3.09. The molecule has 0 saturated heterocycles. The normalized spacial score (nSPS) is 11.1. The molecule has 0 atom stereocenters. The third-order valence-electron chi connectivity index (χ3n) is 0.929. The lowest BCUT2D eigenvalue weighted by Gasteiger charge is -1.80. The van der Waals surface area contributed by atoms with E-state index in [1.807, 2.05) is 13.8 Å². The highest BCUT2D eigenvalue weighted by Gasteiger charge is 1.91. The molecule has 0 heteroatoms. The van der Waals surface area contributed by atoms with Crippen molar-refractivity contribution in [3.05, 3.63) is 30.2 Å². The van der Waals surface area contributed by atoms with Crippen molar-refractivity contribution in [2.75, 3.05) is 0 Å². The summed E-state index contributed by atoms with van der Waals surface area (Å²) in [6.07, 6.45) is 4.12. The number of allylic oxidation sites excluding steroid dienone is 3. The minimum atomic E-state index is 1.11. The van der Waals surface area contributed by atoms with Crippen molar-refractivity contribution in [1.29, 1.82) is 0 Å². The highest BCUT2D eigenvalue weighted by atomic mass is 13.9. The zero-order valence-electron chi connectivity index (χ0n) is 5.86. The Balaban J connectivity index is 3.75. The molecular formula is C8H13+. The Labute approximate surface area is 51.9 Å². The summed E-state index contributed by atoms with van der Waals surface area (Å²) in [7, 11) is 0. The molecule has 0 aliphatic heterocycles. The van der Waals surface area contributed by atoms with Gasteiger partial charge in [0.05, 0.1) is 6.08 Å². The molecule has 0 nitrogen and oxygen atoms in total. The van der Waals surface area contributed by atoms with Gasteiger partial charge in [-0.3, -0.25) is 0 Å². The van der Waals surface area contributed by atoms with Gasteiger partial charge in [0.2, 0.25) is 0 Å². The summed E-state index contributed by atoms with van der Waals surface area (Å²) in [6, 6.07) is 0. The lowest BCUT2D eigenvalue weighted by atomic mass is 10.2. The summed E-state index contributed by atoms with van der Waals surface area (Å²) < 4.78 is 0. The SMILES string of the molecule is C=C(C)/C=C(/C)[CH+]C. The van der Waals surface area contributed by atoms with Gasteiger partial charge in [-0.05, 0) is 13.8 Å². The van der Waals surface area contributed by atoms with E-state index >= 15 is 0 Å². The lowest BCUT2D eigenvalue weighted by molar-refractivity contribution is 1.33. The van der Waals surface area contributed by atoms with Crippen molar-refractivity contribution in [1.82, 2.24) is 0 Å². The van der Waals surface area contributed by atoms with E-state index in [0.717, 1.165) is 5.57 Å². The minimum Gasteiger partial charge on any atom is -0.0757 e. The molecule has 0 aliphatic rings. The predicted molar refractivity (Wildman–Crippen MR) is 38.5 cm³/mol. The second kappa shape index (κ2) is 3.36. The second-order valence-corrected chi connectivity index (χ2v) is 2.02. The molecule has 0 aromatic rings. The molecule has 0 fully saturated rings. The Hall–Kier alpha value is -0.650. The molecule has 0 aromatic heterocycles. The van der Waals surface area contributed by atoms with E-state index in [-0.39, 0.29) is 0 Å². The smallest absolute Gasteiger partial charge is 0.0757 e. The summed E-state index contributed by atoms with van der Waals surface area (Å²) >= 11 is 0. The lowest BCUT2D eigenvalue weighted by Crippen LogP contribution is -1.71. The monoisotopic (exact) mass is 109 g/mol. The third kappa shape index (κ3) is 3.54. The molecule has 0 radical (unpaired) electrons. The topological polar surface area (TPSA) is 0 Å². The van der Waals surface area contributed by atoms with Crippen molar-refractivity contribution in [2.24, 2.45) is 0 Å². The van der Waals surface area contributed by atoms with E-state index in [9.17, 15) is 0 Å². The van der Waals surface area contributed by atoms with Crippen LogP contribution in [0.25, 0.3) is 0 Å². The summed E-state index contributed by atoms with van der Waals surface area (Å²) in [4.78, 5) is 0. The van der Waals surface area contributed by atoms with Crippen LogP contribution in [-0.2, 0) is 0 Å². The fourth-order valence-electron chi connectivity index (χ4n) is 0.472. The molecule has 0 saturated carbocycles. The molecule has 0 aliphatic carbocycles. The number of rotatable bonds is 2. The standard InChI is InChI=1S/C8H13/c1-5-8(4)6-7(2)3/h5-6H,2H2,1,3-4H3/q+1/b8-6-. The van der Waals surface area contributed by atoms with Gasteiger partial charge in [-0.1, -0.05) is 6.58 Å². The Morgan fingerprint density at radius 1 is 1.50 bits per heavy atom. The van der Waals surface area contributed by atoms with E-state index in [1.54, 1.807) is 0 Å². The molecule has 0 aromatic carbocycles. The van der Waals surface area contributed by atoms with Gasteiger partial charge in [0.1, 0.15) is 5.57 Å².